The molecular weight excluding hydrogens is 579 g/mol. The molecule has 2 aromatic carbocycles. The Labute approximate surface area is 249 Å². The van der Waals surface area contributed by atoms with E-state index in [9.17, 15) is 27.9 Å². The highest BCUT2D eigenvalue weighted by Gasteiger charge is 2.31. The van der Waals surface area contributed by atoms with E-state index in [2.05, 4.69) is 9.72 Å². The molecule has 3 heterocycles. The maximum absolute atomic E-state index is 14.0. The van der Waals surface area contributed by atoms with Crippen LogP contribution in [0.1, 0.15) is 29.9 Å². The number of aromatic hydroxyl groups is 1. The largest absolute Gasteiger partial charge is 0.573 e. The first-order valence-electron chi connectivity index (χ1n) is 13.4. The lowest BCUT2D eigenvalue weighted by atomic mass is 10.1. The third-order valence-corrected chi connectivity index (χ3v) is 6.85. The molecule has 0 aliphatic heterocycles. The van der Waals surface area contributed by atoms with Crippen molar-refractivity contribution in [1.29, 1.82) is 0 Å². The van der Waals surface area contributed by atoms with Crippen LogP contribution in [0.25, 0.3) is 16.7 Å². The maximum atomic E-state index is 14.0. The molecule has 0 radical (unpaired) electrons. The van der Waals surface area contributed by atoms with Crippen molar-refractivity contribution in [1.82, 2.24) is 19.4 Å². The first-order valence-corrected chi connectivity index (χ1v) is 13.4. The highest BCUT2D eigenvalue weighted by molar-refractivity contribution is 5.79. The van der Waals surface area contributed by atoms with Crippen LogP contribution in [0.3, 0.4) is 0 Å². The molecule has 1 unspecified atom stereocenters. The quantitative estimate of drug-likeness (QED) is 0.252. The third-order valence-electron chi connectivity index (χ3n) is 6.85. The number of phenolic OH excluding ortho intramolecular Hbond substituents is 1. The third kappa shape index (κ3) is 6.77. The molecule has 44 heavy (non-hydrogen) atoms. The van der Waals surface area contributed by atoms with Gasteiger partial charge in [0.2, 0.25) is 18.3 Å². The van der Waals surface area contributed by atoms with Crippen LogP contribution in [0.5, 0.6) is 11.5 Å². The summed E-state index contributed by atoms with van der Waals surface area (Å²) in [7, 11) is 1.49. The van der Waals surface area contributed by atoms with Crippen LogP contribution >= 0.6 is 0 Å². The Morgan fingerprint density at radius 1 is 1.05 bits per heavy atom. The summed E-state index contributed by atoms with van der Waals surface area (Å²) in [5, 5.41) is 10.1. The van der Waals surface area contributed by atoms with E-state index in [0.717, 1.165) is 12.1 Å². The molecule has 0 saturated carbocycles. The topological polar surface area (TPSA) is 111 Å². The van der Waals surface area contributed by atoms with Crippen LogP contribution in [-0.4, -0.2) is 43.9 Å². The van der Waals surface area contributed by atoms with E-state index in [4.69, 9.17) is 9.82 Å². The van der Waals surface area contributed by atoms with Crippen molar-refractivity contribution in [2.24, 2.45) is 0 Å². The number of hydrogen-bond donors (Lipinski definition) is 1. The Morgan fingerprint density at radius 3 is 2.45 bits per heavy atom. The molecule has 226 valence electrons. The van der Waals surface area contributed by atoms with Crippen LogP contribution < -0.4 is 19.9 Å². The molecule has 0 aliphatic carbocycles. The lowest BCUT2D eigenvalue weighted by Gasteiger charge is -2.30. The van der Waals surface area contributed by atoms with E-state index in [0.29, 0.717) is 16.8 Å². The predicted octanol–water partition coefficient (Wildman–Crippen LogP) is 4.06. The van der Waals surface area contributed by atoms with Gasteiger partial charge in [0.05, 0.1) is 30.1 Å². The number of aromatic nitrogens is 4. The fraction of sp³-hybridized carbons (Fsp3) is 0.194. The minimum Gasteiger partial charge on any atom is -0.508 e. The average molecular weight is 607 g/mol. The zero-order chi connectivity index (χ0) is 31.4. The van der Waals surface area contributed by atoms with Gasteiger partial charge in [0.25, 0.3) is 5.56 Å². The number of ether oxygens (including phenoxy) is 1. The fourth-order valence-corrected chi connectivity index (χ4v) is 4.74. The first kappa shape index (κ1) is 30.0. The summed E-state index contributed by atoms with van der Waals surface area (Å²) in [6.07, 6.45) is -0.117. The van der Waals surface area contributed by atoms with Crippen molar-refractivity contribution in [3.63, 3.8) is 0 Å². The molecule has 1 N–H and O–H groups in total. The molecule has 0 spiro atoms. The van der Waals surface area contributed by atoms with Gasteiger partial charge in [-0.15, -0.1) is 13.2 Å². The van der Waals surface area contributed by atoms with Crippen LogP contribution in [0.4, 0.5) is 13.2 Å². The van der Waals surface area contributed by atoms with Gasteiger partial charge in [-0.1, -0.05) is 12.1 Å². The van der Waals surface area contributed by atoms with E-state index in [1.54, 1.807) is 55.7 Å². The van der Waals surface area contributed by atoms with Crippen LogP contribution in [0.15, 0.2) is 96.2 Å². The van der Waals surface area contributed by atoms with E-state index in [1.807, 2.05) is 0 Å². The number of fused-ring (bicyclic) bond motifs is 1. The number of alkyl halides is 3. The van der Waals surface area contributed by atoms with Crippen molar-refractivity contribution in [3.05, 3.63) is 119 Å². The molecule has 3 aromatic heterocycles. The summed E-state index contributed by atoms with van der Waals surface area (Å²) in [4.78, 5) is 43.5. The second-order valence-corrected chi connectivity index (χ2v) is 9.82. The molecular formula is C31H27F3N5O5+. The molecule has 5 aromatic rings. The van der Waals surface area contributed by atoms with Gasteiger partial charge in [-0.05, 0) is 67.1 Å². The molecule has 10 nitrogen and oxygen atoms in total. The van der Waals surface area contributed by atoms with Crippen molar-refractivity contribution < 1.29 is 37.4 Å². The molecule has 0 aliphatic rings. The van der Waals surface area contributed by atoms with Crippen molar-refractivity contribution >= 4 is 16.9 Å². The molecule has 5 rings (SSSR count). The summed E-state index contributed by atoms with van der Waals surface area (Å²) in [5.41, 5.74) is 1.34. The average Bonchev–Trinajstić information content (AvgIpc) is 3.00. The molecule has 0 bridgehead atoms. The van der Waals surface area contributed by atoms with Crippen molar-refractivity contribution in [3.8, 4) is 17.2 Å². The summed E-state index contributed by atoms with van der Waals surface area (Å²) >= 11 is 0. The number of phenols is 1. The summed E-state index contributed by atoms with van der Waals surface area (Å²) in [6.45, 7) is 1.80. The van der Waals surface area contributed by atoms with Gasteiger partial charge in [0.15, 0.2) is 5.65 Å². The summed E-state index contributed by atoms with van der Waals surface area (Å²) < 4.78 is 44.7. The zero-order valence-electron chi connectivity index (χ0n) is 23.6. The van der Waals surface area contributed by atoms with Gasteiger partial charge in [0, 0.05) is 22.6 Å². The number of nitrogens with zero attached hydrogens (tertiary/aromatic N) is 5. The number of rotatable bonds is 9. The molecule has 0 saturated heterocycles. The van der Waals surface area contributed by atoms with Gasteiger partial charge in [-0.2, -0.15) is 0 Å². The number of halogens is 3. The van der Waals surface area contributed by atoms with Gasteiger partial charge in [-0.3, -0.25) is 19.0 Å². The van der Waals surface area contributed by atoms with Gasteiger partial charge >= 0.3 is 6.36 Å². The number of carbonyl (C=O) groups is 1. The molecule has 0 fully saturated rings. The fourth-order valence-electron chi connectivity index (χ4n) is 4.74. The van der Waals surface area contributed by atoms with Crippen molar-refractivity contribution in [2.75, 3.05) is 7.11 Å². The first-order chi connectivity index (χ1) is 21.0. The highest BCUT2D eigenvalue weighted by atomic mass is 19.4. The molecule has 13 heteroatoms. The van der Waals surface area contributed by atoms with E-state index < -0.39 is 23.7 Å². The zero-order valence-corrected chi connectivity index (χ0v) is 23.6. The monoisotopic (exact) mass is 606 g/mol. The number of pyridine rings is 2. The van der Waals surface area contributed by atoms with Crippen LogP contribution in [0, 0.1) is 0 Å². The van der Waals surface area contributed by atoms with Gasteiger partial charge < -0.3 is 14.7 Å². The Morgan fingerprint density at radius 2 is 1.77 bits per heavy atom. The Bertz CT molecular complexity index is 1840. The Hall–Kier alpha value is -5.46. The van der Waals surface area contributed by atoms with E-state index in [1.165, 1.54) is 51.8 Å². The van der Waals surface area contributed by atoms with E-state index in [-0.39, 0.29) is 41.5 Å². The maximum Gasteiger partial charge on any atom is 0.573 e. The summed E-state index contributed by atoms with van der Waals surface area (Å²) in [6, 6.07) is 17.0. The normalized spacial score (nSPS) is 12.1. The number of hydrogen-bond acceptors (Lipinski definition) is 7. The Kier molecular flexibility index (Phi) is 8.47. The number of amides is 1. The Balaban J connectivity index is 1.58. The lowest BCUT2D eigenvalue weighted by molar-refractivity contribution is -0.885. The second kappa shape index (κ2) is 12.4. The van der Waals surface area contributed by atoms with Crippen LogP contribution in [0.2, 0.25) is 0 Å². The summed E-state index contributed by atoms with van der Waals surface area (Å²) in [5.74, 6) is -0.573. The molecule has 1 amide bonds. The predicted molar refractivity (Wildman–Crippen MR) is 152 cm³/mol. The minimum absolute atomic E-state index is 0.00536. The minimum atomic E-state index is -4.84. The van der Waals surface area contributed by atoms with Gasteiger partial charge in [0.1, 0.15) is 24.4 Å². The number of benzene rings is 2. The standard InChI is InChI=1S/C31H26F3N5O5/c1-20(29-36-28-26(6-3-15-35-28)30(42)39(29)23-9-11-24(40)12-10-23)38(19-22-5-4-16-37(18-22)43-2)27(41)17-21-7-13-25(14-8-21)44-31(32,33)34/h3-16,18,20H,17,19H2,1-2H3/p+1. The van der Waals surface area contributed by atoms with Crippen LogP contribution in [-0.2, 0) is 17.8 Å². The van der Waals surface area contributed by atoms with E-state index >= 15 is 0 Å². The highest BCUT2D eigenvalue weighted by Crippen LogP contribution is 2.27. The second-order valence-electron chi connectivity index (χ2n) is 9.82. The SMILES string of the molecule is CO[n+]1cccc(CN(C(=O)Cc2ccc(OC(F)(F)F)cc2)C(C)c2nc3ncccc3c(=O)n2-c2ccc(O)cc2)c1. The number of carbonyl (C=O) groups excluding carboxylic acids is 1. The van der Waals surface area contributed by atoms with Crippen molar-refractivity contribution in [2.45, 2.75) is 32.3 Å². The molecule has 1 atom stereocenters. The lowest BCUT2D eigenvalue weighted by Crippen LogP contribution is -2.41. The smallest absolute Gasteiger partial charge is 0.508 e. The van der Waals surface area contributed by atoms with Gasteiger partial charge in [-0.25, -0.2) is 9.97 Å².